The zero-order valence-electron chi connectivity index (χ0n) is 13.6. The molecule has 0 saturated carbocycles. The number of anilines is 1. The van der Waals surface area contributed by atoms with Gasteiger partial charge in [0.15, 0.2) is 19.7 Å². The zero-order chi connectivity index (χ0) is 18.9. The summed E-state index contributed by atoms with van der Waals surface area (Å²) in [6, 6.07) is 12.2. The Kier molecular flexibility index (Phi) is 5.09. The maximum atomic E-state index is 12.7. The van der Waals surface area contributed by atoms with Gasteiger partial charge in [-0.05, 0) is 42.8 Å². The van der Waals surface area contributed by atoms with Crippen molar-refractivity contribution in [3.63, 3.8) is 0 Å². The Bertz CT molecular complexity index is 1060. The summed E-state index contributed by atoms with van der Waals surface area (Å²) in [4.78, 5) is 12.3. The van der Waals surface area contributed by atoms with E-state index in [2.05, 4.69) is 5.32 Å². The van der Waals surface area contributed by atoms with E-state index in [-0.39, 0.29) is 28.4 Å². The number of halogens is 1. The first-order chi connectivity index (χ1) is 12.2. The van der Waals surface area contributed by atoms with Gasteiger partial charge in [-0.15, -0.1) is 0 Å². The molecule has 0 radical (unpaired) electrons. The number of benzene rings is 2. The van der Waals surface area contributed by atoms with Crippen LogP contribution in [0.5, 0.6) is 0 Å². The normalized spacial score (nSPS) is 19.2. The number of carbonyl (C=O) groups is 1. The van der Waals surface area contributed by atoms with E-state index in [0.29, 0.717) is 10.7 Å². The summed E-state index contributed by atoms with van der Waals surface area (Å²) in [5.74, 6) is -0.997. The van der Waals surface area contributed by atoms with Crippen LogP contribution in [0.4, 0.5) is 5.69 Å². The van der Waals surface area contributed by atoms with Crippen LogP contribution in [0.2, 0.25) is 5.02 Å². The lowest BCUT2D eigenvalue weighted by Gasteiger charge is -2.11. The fourth-order valence-corrected chi connectivity index (χ4v) is 7.38. The molecule has 26 heavy (non-hydrogen) atoms. The maximum Gasteiger partial charge on any atom is 0.255 e. The summed E-state index contributed by atoms with van der Waals surface area (Å²) in [5.41, 5.74) is 0.643. The van der Waals surface area contributed by atoms with E-state index in [9.17, 15) is 21.6 Å². The van der Waals surface area contributed by atoms with Crippen LogP contribution in [-0.4, -0.2) is 39.5 Å². The Morgan fingerprint density at radius 2 is 1.85 bits per heavy atom. The first-order valence-electron chi connectivity index (χ1n) is 7.79. The van der Waals surface area contributed by atoms with Crippen LogP contribution in [-0.2, 0) is 19.7 Å². The van der Waals surface area contributed by atoms with Crippen LogP contribution in [0, 0.1) is 0 Å². The molecule has 1 atom stereocenters. The van der Waals surface area contributed by atoms with Crippen molar-refractivity contribution in [3.05, 3.63) is 59.1 Å². The SMILES string of the molecule is O=C(Nc1cccc(Cl)c1)c1cccc(S(=O)(=O)C2CCS(=O)(=O)C2)c1. The van der Waals surface area contributed by atoms with Crippen molar-refractivity contribution >= 4 is 42.9 Å². The lowest BCUT2D eigenvalue weighted by molar-refractivity contribution is 0.102. The van der Waals surface area contributed by atoms with E-state index in [1.165, 1.54) is 24.3 Å². The van der Waals surface area contributed by atoms with Crippen LogP contribution >= 0.6 is 11.6 Å². The quantitative estimate of drug-likeness (QED) is 0.830. The van der Waals surface area contributed by atoms with Crippen molar-refractivity contribution in [2.24, 2.45) is 0 Å². The van der Waals surface area contributed by atoms with Gasteiger partial charge in [-0.3, -0.25) is 4.79 Å². The number of hydrogen-bond donors (Lipinski definition) is 1. The summed E-state index contributed by atoms with van der Waals surface area (Å²) in [7, 11) is -7.15. The molecule has 1 N–H and O–H groups in total. The largest absolute Gasteiger partial charge is 0.322 e. The molecule has 0 aromatic heterocycles. The Labute approximate surface area is 157 Å². The van der Waals surface area contributed by atoms with Gasteiger partial charge in [0.2, 0.25) is 0 Å². The maximum absolute atomic E-state index is 12.7. The molecule has 1 unspecified atom stereocenters. The second-order valence-electron chi connectivity index (χ2n) is 6.06. The highest BCUT2D eigenvalue weighted by atomic mass is 35.5. The fourth-order valence-electron chi connectivity index (χ4n) is 2.78. The van der Waals surface area contributed by atoms with Gasteiger partial charge < -0.3 is 5.32 Å². The van der Waals surface area contributed by atoms with Gasteiger partial charge in [0, 0.05) is 16.3 Å². The average Bonchev–Trinajstić information content (AvgIpc) is 2.96. The third-order valence-corrected chi connectivity index (χ3v) is 8.54. The van der Waals surface area contributed by atoms with E-state index in [0.717, 1.165) is 0 Å². The van der Waals surface area contributed by atoms with Gasteiger partial charge in [0.05, 0.1) is 21.7 Å². The Hall–Kier alpha value is -1.90. The number of sulfone groups is 2. The second kappa shape index (κ2) is 7.02. The summed E-state index contributed by atoms with van der Waals surface area (Å²) in [6.45, 7) is 0. The monoisotopic (exact) mass is 413 g/mol. The highest BCUT2D eigenvalue weighted by molar-refractivity contribution is 7.96. The predicted molar refractivity (Wildman–Crippen MR) is 100 cm³/mol. The van der Waals surface area contributed by atoms with E-state index < -0.39 is 30.8 Å². The zero-order valence-corrected chi connectivity index (χ0v) is 15.9. The fraction of sp³-hybridized carbons (Fsp3) is 0.235. The standard InChI is InChI=1S/C17H16ClNO5S2/c18-13-4-2-5-14(10-13)19-17(20)12-3-1-6-15(9-12)26(23,24)16-7-8-25(21,22)11-16/h1-6,9-10,16H,7-8,11H2,(H,19,20). The van der Waals surface area contributed by atoms with Crippen molar-refractivity contribution in [2.45, 2.75) is 16.6 Å². The minimum Gasteiger partial charge on any atom is -0.322 e. The highest BCUT2D eigenvalue weighted by Gasteiger charge is 2.38. The molecule has 3 rings (SSSR count). The van der Waals surface area contributed by atoms with Crippen LogP contribution in [0.1, 0.15) is 16.8 Å². The van der Waals surface area contributed by atoms with Gasteiger partial charge >= 0.3 is 0 Å². The van der Waals surface area contributed by atoms with E-state index in [4.69, 9.17) is 11.6 Å². The summed E-state index contributed by atoms with van der Waals surface area (Å²) in [5, 5.41) is 2.13. The van der Waals surface area contributed by atoms with Crippen LogP contribution in [0.3, 0.4) is 0 Å². The van der Waals surface area contributed by atoms with Crippen molar-refractivity contribution in [1.82, 2.24) is 0 Å². The van der Waals surface area contributed by atoms with Crippen molar-refractivity contribution in [2.75, 3.05) is 16.8 Å². The lowest BCUT2D eigenvalue weighted by atomic mass is 10.2. The predicted octanol–water partition coefficient (Wildman–Crippen LogP) is 2.55. The van der Waals surface area contributed by atoms with Crippen molar-refractivity contribution in [1.29, 1.82) is 0 Å². The number of nitrogens with one attached hydrogen (secondary N) is 1. The molecule has 0 spiro atoms. The van der Waals surface area contributed by atoms with Crippen LogP contribution < -0.4 is 5.32 Å². The summed E-state index contributed by atoms with van der Waals surface area (Å²) >= 11 is 5.88. The Morgan fingerprint density at radius 1 is 1.12 bits per heavy atom. The minimum absolute atomic E-state index is 0.0571. The van der Waals surface area contributed by atoms with E-state index in [1.807, 2.05) is 0 Å². The topological polar surface area (TPSA) is 97.4 Å². The average molecular weight is 414 g/mol. The molecule has 1 fully saturated rings. The molecule has 138 valence electrons. The third-order valence-electron chi connectivity index (χ3n) is 4.14. The molecule has 1 aliphatic heterocycles. The molecule has 1 heterocycles. The third kappa shape index (κ3) is 4.08. The first-order valence-corrected chi connectivity index (χ1v) is 11.5. The molecule has 1 amide bonds. The Balaban J connectivity index is 1.85. The molecule has 0 bridgehead atoms. The molecular weight excluding hydrogens is 398 g/mol. The first kappa shape index (κ1) is 18.9. The van der Waals surface area contributed by atoms with Gasteiger partial charge in [-0.1, -0.05) is 23.7 Å². The van der Waals surface area contributed by atoms with Crippen molar-refractivity contribution < 1.29 is 21.6 Å². The number of carbonyl (C=O) groups excluding carboxylic acids is 1. The van der Waals surface area contributed by atoms with Crippen LogP contribution in [0.15, 0.2) is 53.4 Å². The lowest BCUT2D eigenvalue weighted by Crippen LogP contribution is -2.23. The highest BCUT2D eigenvalue weighted by Crippen LogP contribution is 2.26. The number of hydrogen-bond acceptors (Lipinski definition) is 5. The van der Waals surface area contributed by atoms with Gasteiger partial charge in [0.25, 0.3) is 5.91 Å². The molecule has 0 aliphatic carbocycles. The van der Waals surface area contributed by atoms with Crippen LogP contribution in [0.25, 0.3) is 0 Å². The molecule has 2 aromatic rings. The van der Waals surface area contributed by atoms with Crippen molar-refractivity contribution in [3.8, 4) is 0 Å². The van der Waals surface area contributed by atoms with Gasteiger partial charge in [-0.25, -0.2) is 16.8 Å². The molecule has 1 saturated heterocycles. The summed E-state index contributed by atoms with van der Waals surface area (Å²) < 4.78 is 48.5. The van der Waals surface area contributed by atoms with Gasteiger partial charge in [0.1, 0.15) is 0 Å². The van der Waals surface area contributed by atoms with Gasteiger partial charge in [-0.2, -0.15) is 0 Å². The molecule has 6 nitrogen and oxygen atoms in total. The number of rotatable bonds is 4. The number of amides is 1. The minimum atomic E-state index is -3.83. The second-order valence-corrected chi connectivity index (χ2v) is 11.0. The molecular formula is C17H16ClNO5S2. The molecule has 1 aliphatic rings. The molecule has 9 heteroatoms. The van der Waals surface area contributed by atoms with E-state index in [1.54, 1.807) is 24.3 Å². The smallest absolute Gasteiger partial charge is 0.255 e. The Morgan fingerprint density at radius 3 is 2.50 bits per heavy atom. The summed E-state index contributed by atoms with van der Waals surface area (Å²) in [6.07, 6.45) is 0.0730. The van der Waals surface area contributed by atoms with E-state index >= 15 is 0 Å². The molecule has 2 aromatic carbocycles.